The molecule has 2 heterocycles. The van der Waals surface area contributed by atoms with Crippen molar-refractivity contribution in [3.63, 3.8) is 0 Å². The van der Waals surface area contributed by atoms with Crippen LogP contribution in [-0.4, -0.2) is 50.7 Å². The number of anilines is 1. The molecule has 0 bridgehead atoms. The maximum atomic E-state index is 12.3. The zero-order valence-corrected chi connectivity index (χ0v) is 25.8. The first kappa shape index (κ1) is 35.0. The SMILES string of the molecule is CCCCCCC=CCCCCCCCC(=O)OCCC(COC(=O)[C@@H](N)C(C)C)Cn1cnc2c(=O)[nH]c(N)nc21. The maximum absolute atomic E-state index is 12.3. The van der Waals surface area contributed by atoms with Gasteiger partial charge in [0.1, 0.15) is 6.04 Å². The molecule has 5 N–H and O–H groups in total. The van der Waals surface area contributed by atoms with E-state index >= 15 is 0 Å². The van der Waals surface area contributed by atoms with Crippen molar-refractivity contribution in [3.8, 4) is 0 Å². The van der Waals surface area contributed by atoms with Crippen LogP contribution in [0, 0.1) is 11.8 Å². The van der Waals surface area contributed by atoms with Gasteiger partial charge >= 0.3 is 11.9 Å². The van der Waals surface area contributed by atoms with Crippen LogP contribution in [0.4, 0.5) is 5.95 Å². The number of H-pyrrole nitrogens is 1. The summed E-state index contributed by atoms with van der Waals surface area (Å²) in [7, 11) is 0. The number of aromatic amines is 1. The number of fused-ring (bicyclic) bond motifs is 1. The third-order valence-corrected chi connectivity index (χ3v) is 7.33. The Morgan fingerprint density at radius 2 is 1.69 bits per heavy atom. The second kappa shape index (κ2) is 19.8. The summed E-state index contributed by atoms with van der Waals surface area (Å²) in [5.41, 5.74) is 11.7. The second-order valence-corrected chi connectivity index (χ2v) is 11.4. The van der Waals surface area contributed by atoms with Crippen LogP contribution in [0.1, 0.15) is 104 Å². The fraction of sp³-hybridized carbons (Fsp3) is 0.710. The van der Waals surface area contributed by atoms with E-state index in [0.717, 1.165) is 25.7 Å². The third-order valence-electron chi connectivity index (χ3n) is 7.33. The molecule has 0 saturated heterocycles. The Morgan fingerprint density at radius 3 is 2.38 bits per heavy atom. The zero-order valence-electron chi connectivity index (χ0n) is 25.8. The lowest BCUT2D eigenvalue weighted by Crippen LogP contribution is -2.38. The fourth-order valence-electron chi connectivity index (χ4n) is 4.58. The van der Waals surface area contributed by atoms with Gasteiger partial charge in [0.05, 0.1) is 19.5 Å². The van der Waals surface area contributed by atoms with Gasteiger partial charge in [-0.2, -0.15) is 4.98 Å². The van der Waals surface area contributed by atoms with Crippen LogP contribution in [0.25, 0.3) is 11.2 Å². The minimum Gasteiger partial charge on any atom is -0.466 e. The molecule has 236 valence electrons. The van der Waals surface area contributed by atoms with Crippen molar-refractivity contribution in [2.24, 2.45) is 17.6 Å². The highest BCUT2D eigenvalue weighted by Gasteiger charge is 2.22. The molecule has 0 radical (unpaired) electrons. The van der Waals surface area contributed by atoms with Crippen molar-refractivity contribution < 1.29 is 19.1 Å². The van der Waals surface area contributed by atoms with Crippen LogP contribution in [0.3, 0.4) is 0 Å². The molecule has 0 aliphatic heterocycles. The molecule has 2 rings (SSSR count). The Hall–Kier alpha value is -3.21. The molecule has 0 fully saturated rings. The number of nitrogens with zero attached hydrogens (tertiary/aromatic N) is 3. The van der Waals surface area contributed by atoms with Gasteiger partial charge in [0.25, 0.3) is 5.56 Å². The number of imidazole rings is 1. The zero-order chi connectivity index (χ0) is 30.7. The van der Waals surface area contributed by atoms with Gasteiger partial charge < -0.3 is 25.5 Å². The first-order chi connectivity index (χ1) is 20.2. The molecule has 42 heavy (non-hydrogen) atoms. The Labute approximate surface area is 249 Å². The molecule has 0 aliphatic carbocycles. The summed E-state index contributed by atoms with van der Waals surface area (Å²) in [4.78, 5) is 47.6. The van der Waals surface area contributed by atoms with E-state index in [1.165, 1.54) is 51.3 Å². The van der Waals surface area contributed by atoms with E-state index < -0.39 is 17.6 Å². The predicted molar refractivity (Wildman–Crippen MR) is 166 cm³/mol. The van der Waals surface area contributed by atoms with Crippen molar-refractivity contribution in [3.05, 3.63) is 28.8 Å². The Balaban J connectivity index is 1.73. The van der Waals surface area contributed by atoms with Crippen LogP contribution >= 0.6 is 0 Å². The number of hydrogen-bond acceptors (Lipinski definition) is 9. The first-order valence-electron chi connectivity index (χ1n) is 15.7. The van der Waals surface area contributed by atoms with E-state index in [0.29, 0.717) is 25.0 Å². The summed E-state index contributed by atoms with van der Waals surface area (Å²) in [6.07, 6.45) is 19.8. The lowest BCUT2D eigenvalue weighted by Gasteiger charge is -2.20. The molecule has 0 amide bonds. The van der Waals surface area contributed by atoms with E-state index in [9.17, 15) is 14.4 Å². The Kier molecular flexibility index (Phi) is 16.5. The molecule has 0 saturated carbocycles. The summed E-state index contributed by atoms with van der Waals surface area (Å²) < 4.78 is 12.7. The molecule has 0 spiro atoms. The number of nitrogen functional groups attached to an aromatic ring is 1. The Morgan fingerprint density at radius 1 is 1.02 bits per heavy atom. The molecule has 11 nitrogen and oxygen atoms in total. The van der Waals surface area contributed by atoms with Crippen molar-refractivity contribution in [2.45, 2.75) is 117 Å². The quantitative estimate of drug-likeness (QED) is 0.0969. The molecule has 0 aromatic carbocycles. The molecular formula is C31H52N6O5. The van der Waals surface area contributed by atoms with Gasteiger partial charge in [0.2, 0.25) is 5.95 Å². The molecular weight excluding hydrogens is 536 g/mol. The molecule has 11 heteroatoms. The molecule has 1 unspecified atom stereocenters. The highest BCUT2D eigenvalue weighted by Crippen LogP contribution is 2.15. The summed E-state index contributed by atoms with van der Waals surface area (Å²) in [6.45, 7) is 6.53. The van der Waals surface area contributed by atoms with E-state index in [-0.39, 0.29) is 42.5 Å². The first-order valence-corrected chi connectivity index (χ1v) is 15.7. The number of carbonyl (C=O) groups is 2. The van der Waals surface area contributed by atoms with E-state index in [2.05, 4.69) is 34.0 Å². The van der Waals surface area contributed by atoms with Crippen LogP contribution in [-0.2, 0) is 25.6 Å². The monoisotopic (exact) mass is 588 g/mol. The van der Waals surface area contributed by atoms with Gasteiger partial charge in [-0.05, 0) is 44.4 Å². The third kappa shape index (κ3) is 13.2. The number of rotatable bonds is 22. The smallest absolute Gasteiger partial charge is 0.323 e. The molecule has 2 aromatic rings. The molecule has 2 atom stereocenters. The Bertz CT molecular complexity index is 1160. The van der Waals surface area contributed by atoms with Gasteiger partial charge in [-0.25, -0.2) is 4.98 Å². The van der Waals surface area contributed by atoms with Crippen LogP contribution in [0.5, 0.6) is 0 Å². The summed E-state index contributed by atoms with van der Waals surface area (Å²) in [5.74, 6) is -1.02. The van der Waals surface area contributed by atoms with Crippen LogP contribution in [0.15, 0.2) is 23.3 Å². The number of unbranched alkanes of at least 4 members (excludes halogenated alkanes) is 9. The molecule has 0 aliphatic rings. The summed E-state index contributed by atoms with van der Waals surface area (Å²) in [6, 6.07) is -0.727. The van der Waals surface area contributed by atoms with E-state index in [4.69, 9.17) is 20.9 Å². The van der Waals surface area contributed by atoms with Gasteiger partial charge in [-0.3, -0.25) is 19.4 Å². The van der Waals surface area contributed by atoms with E-state index in [1.54, 1.807) is 4.57 Å². The van der Waals surface area contributed by atoms with E-state index in [1.807, 2.05) is 13.8 Å². The number of hydrogen-bond donors (Lipinski definition) is 3. The average Bonchev–Trinajstić information content (AvgIpc) is 3.35. The van der Waals surface area contributed by atoms with Crippen molar-refractivity contribution in [1.82, 2.24) is 19.5 Å². The van der Waals surface area contributed by atoms with Gasteiger partial charge in [-0.1, -0.05) is 71.4 Å². The second-order valence-electron chi connectivity index (χ2n) is 11.4. The number of carbonyl (C=O) groups excluding carboxylic acids is 2. The van der Waals surface area contributed by atoms with Crippen molar-refractivity contribution in [1.29, 1.82) is 0 Å². The van der Waals surface area contributed by atoms with Gasteiger partial charge in [-0.15, -0.1) is 0 Å². The minimum atomic E-state index is -0.727. The molecule has 2 aromatic heterocycles. The number of nitrogens with one attached hydrogen (secondary N) is 1. The predicted octanol–water partition coefficient (Wildman–Crippen LogP) is 5.04. The average molecular weight is 589 g/mol. The lowest BCUT2D eigenvalue weighted by molar-refractivity contribution is -0.149. The standard InChI is InChI=1S/C31H52N6O5/c1-4-5-6-7-8-9-10-11-12-13-14-15-16-17-25(38)41-19-18-24(21-42-30(40)26(32)23(2)3)20-37-22-34-27-28(37)35-31(33)36-29(27)39/h9-10,22-24,26H,4-8,11-21,32H2,1-3H3,(H3,33,35,36,39)/t24?,26-/m0/s1. The topological polar surface area (TPSA) is 168 Å². The van der Waals surface area contributed by atoms with Crippen molar-refractivity contribution in [2.75, 3.05) is 18.9 Å². The number of aromatic nitrogens is 4. The summed E-state index contributed by atoms with van der Waals surface area (Å²) in [5, 5.41) is 0. The van der Waals surface area contributed by atoms with Crippen LogP contribution < -0.4 is 17.0 Å². The van der Waals surface area contributed by atoms with Gasteiger partial charge in [0, 0.05) is 18.9 Å². The number of ether oxygens (including phenoxy) is 2. The number of esters is 2. The highest BCUT2D eigenvalue weighted by atomic mass is 16.5. The number of allylic oxidation sites excluding steroid dienone is 2. The lowest BCUT2D eigenvalue weighted by atomic mass is 10.1. The summed E-state index contributed by atoms with van der Waals surface area (Å²) >= 11 is 0. The maximum Gasteiger partial charge on any atom is 0.323 e. The van der Waals surface area contributed by atoms with Crippen LogP contribution in [0.2, 0.25) is 0 Å². The largest absolute Gasteiger partial charge is 0.466 e. The van der Waals surface area contributed by atoms with Gasteiger partial charge in [0.15, 0.2) is 11.2 Å². The number of nitrogens with two attached hydrogens (primary N) is 2. The fourth-order valence-corrected chi connectivity index (χ4v) is 4.58. The highest BCUT2D eigenvalue weighted by molar-refractivity contribution is 5.75. The minimum absolute atomic E-state index is 0.0148. The normalized spacial score (nSPS) is 13.2. The van der Waals surface area contributed by atoms with Crippen molar-refractivity contribution >= 4 is 29.1 Å².